The van der Waals surface area contributed by atoms with Crippen molar-refractivity contribution in [3.63, 3.8) is 0 Å². The lowest BCUT2D eigenvalue weighted by Crippen LogP contribution is -2.41. The van der Waals surface area contributed by atoms with Gasteiger partial charge in [-0.1, -0.05) is 12.2 Å². The summed E-state index contributed by atoms with van der Waals surface area (Å²) in [5.41, 5.74) is 0.614. The van der Waals surface area contributed by atoms with Gasteiger partial charge in [0.1, 0.15) is 0 Å². The second-order valence-electron chi connectivity index (χ2n) is 4.41. The second-order valence-corrected chi connectivity index (χ2v) is 4.41. The molecule has 2 rings (SSSR count). The van der Waals surface area contributed by atoms with Crippen LogP contribution >= 0.6 is 0 Å². The molecule has 1 aromatic heterocycles. The van der Waals surface area contributed by atoms with Gasteiger partial charge in [0.2, 0.25) is 5.95 Å². The molecule has 1 aromatic rings. The highest BCUT2D eigenvalue weighted by Gasteiger charge is 2.22. The van der Waals surface area contributed by atoms with Gasteiger partial charge in [-0.2, -0.15) is 0 Å². The lowest BCUT2D eigenvalue weighted by atomic mass is 10.1. The molecule has 0 spiro atoms. The summed E-state index contributed by atoms with van der Waals surface area (Å²) >= 11 is 0. The average Bonchev–Trinajstić information content (AvgIpc) is 2.39. The molecule has 0 aliphatic carbocycles. The highest BCUT2D eigenvalue weighted by atomic mass is 16.5. The number of ether oxygens (including phenoxy) is 1. The molecular weight excluding hydrogens is 246 g/mol. The van der Waals surface area contributed by atoms with Gasteiger partial charge in [0.05, 0.1) is 23.9 Å². The van der Waals surface area contributed by atoms with Gasteiger partial charge in [-0.25, -0.2) is 14.8 Å². The summed E-state index contributed by atoms with van der Waals surface area (Å²) in [6, 6.07) is 0.0915. The van der Waals surface area contributed by atoms with Gasteiger partial charge in [0.15, 0.2) is 0 Å². The number of anilines is 1. The largest absolute Gasteiger partial charge is 0.478 e. The maximum absolute atomic E-state index is 11.0. The third-order valence-corrected chi connectivity index (χ3v) is 3.09. The molecule has 6 heteroatoms. The Morgan fingerprint density at radius 2 is 2.42 bits per heavy atom. The maximum Gasteiger partial charge on any atom is 0.339 e. The summed E-state index contributed by atoms with van der Waals surface area (Å²) < 4.78 is 5.18. The SMILES string of the molecule is COCC1C=CCCN1c1ncc(C(=O)O)c(C)n1. The first-order valence-electron chi connectivity index (χ1n) is 6.12. The van der Waals surface area contributed by atoms with E-state index in [1.54, 1.807) is 14.0 Å². The van der Waals surface area contributed by atoms with Crippen molar-refractivity contribution < 1.29 is 14.6 Å². The zero-order valence-corrected chi connectivity index (χ0v) is 11.0. The Hall–Kier alpha value is -1.95. The molecule has 1 aliphatic heterocycles. The van der Waals surface area contributed by atoms with Gasteiger partial charge < -0.3 is 14.7 Å². The van der Waals surface area contributed by atoms with Crippen LogP contribution in [0.5, 0.6) is 0 Å². The minimum absolute atomic E-state index is 0.0915. The summed E-state index contributed by atoms with van der Waals surface area (Å²) in [7, 11) is 1.65. The molecule has 1 aliphatic rings. The molecule has 1 unspecified atom stereocenters. The Labute approximate surface area is 111 Å². The van der Waals surface area contributed by atoms with Crippen LogP contribution < -0.4 is 4.90 Å². The smallest absolute Gasteiger partial charge is 0.339 e. The van der Waals surface area contributed by atoms with Crippen LogP contribution in [0.15, 0.2) is 18.3 Å². The molecule has 102 valence electrons. The first-order chi connectivity index (χ1) is 9.13. The number of carbonyl (C=O) groups is 1. The van der Waals surface area contributed by atoms with Crippen molar-refractivity contribution in [3.8, 4) is 0 Å². The number of hydrogen-bond acceptors (Lipinski definition) is 5. The monoisotopic (exact) mass is 263 g/mol. The van der Waals surface area contributed by atoms with Gasteiger partial charge in [0.25, 0.3) is 0 Å². The topological polar surface area (TPSA) is 75.5 Å². The van der Waals surface area contributed by atoms with Gasteiger partial charge in [0, 0.05) is 19.9 Å². The lowest BCUT2D eigenvalue weighted by Gasteiger charge is -2.32. The minimum Gasteiger partial charge on any atom is -0.478 e. The maximum atomic E-state index is 11.0. The fraction of sp³-hybridized carbons (Fsp3) is 0.462. The van der Waals surface area contributed by atoms with E-state index in [1.807, 2.05) is 4.90 Å². The Morgan fingerprint density at radius 3 is 3.05 bits per heavy atom. The van der Waals surface area contributed by atoms with E-state index in [-0.39, 0.29) is 11.6 Å². The van der Waals surface area contributed by atoms with Crippen molar-refractivity contribution in [3.05, 3.63) is 29.6 Å². The van der Waals surface area contributed by atoms with E-state index in [1.165, 1.54) is 6.20 Å². The number of carboxylic acids is 1. The molecule has 0 amide bonds. The van der Waals surface area contributed by atoms with Crippen LogP contribution in [-0.4, -0.2) is 47.3 Å². The highest BCUT2D eigenvalue weighted by molar-refractivity contribution is 5.88. The predicted octanol–water partition coefficient (Wildman–Crippen LogP) is 1.26. The van der Waals surface area contributed by atoms with Crippen LogP contribution in [0.2, 0.25) is 0 Å². The number of nitrogens with zero attached hydrogens (tertiary/aromatic N) is 3. The van der Waals surface area contributed by atoms with E-state index in [0.717, 1.165) is 13.0 Å². The van der Waals surface area contributed by atoms with E-state index in [4.69, 9.17) is 9.84 Å². The Balaban J connectivity index is 2.28. The Morgan fingerprint density at radius 1 is 1.63 bits per heavy atom. The molecular formula is C13H17N3O3. The summed E-state index contributed by atoms with van der Waals surface area (Å²) in [6.45, 7) is 3.04. The number of rotatable bonds is 4. The fourth-order valence-electron chi connectivity index (χ4n) is 2.10. The first-order valence-corrected chi connectivity index (χ1v) is 6.12. The fourth-order valence-corrected chi connectivity index (χ4v) is 2.10. The molecule has 0 fully saturated rings. The van der Waals surface area contributed by atoms with Crippen molar-refractivity contribution >= 4 is 11.9 Å². The van der Waals surface area contributed by atoms with Crippen molar-refractivity contribution in [2.75, 3.05) is 25.2 Å². The van der Waals surface area contributed by atoms with Gasteiger partial charge >= 0.3 is 5.97 Å². The lowest BCUT2D eigenvalue weighted by molar-refractivity contribution is 0.0695. The molecule has 2 heterocycles. The molecule has 0 saturated carbocycles. The summed E-state index contributed by atoms with van der Waals surface area (Å²) in [4.78, 5) is 21.4. The zero-order valence-electron chi connectivity index (χ0n) is 11.0. The van der Waals surface area contributed by atoms with Gasteiger partial charge in [-0.3, -0.25) is 0 Å². The molecule has 1 N–H and O–H groups in total. The number of hydrogen-bond donors (Lipinski definition) is 1. The van der Waals surface area contributed by atoms with Crippen molar-refractivity contribution in [1.82, 2.24) is 9.97 Å². The van der Waals surface area contributed by atoms with Crippen LogP contribution in [-0.2, 0) is 4.74 Å². The van der Waals surface area contributed by atoms with Crippen LogP contribution in [0.4, 0.5) is 5.95 Å². The summed E-state index contributed by atoms with van der Waals surface area (Å²) in [6.07, 6.45) is 6.46. The molecule has 0 radical (unpaired) electrons. The van der Waals surface area contributed by atoms with Crippen molar-refractivity contribution in [2.45, 2.75) is 19.4 Å². The quantitative estimate of drug-likeness (QED) is 0.824. The Bertz CT molecular complexity index is 502. The second kappa shape index (κ2) is 5.79. The third kappa shape index (κ3) is 2.90. The number of aryl methyl sites for hydroxylation is 1. The van der Waals surface area contributed by atoms with Crippen LogP contribution in [0, 0.1) is 6.92 Å². The van der Waals surface area contributed by atoms with Gasteiger partial charge in [-0.15, -0.1) is 0 Å². The zero-order chi connectivity index (χ0) is 13.8. The Kier molecular flexibility index (Phi) is 4.11. The molecule has 6 nitrogen and oxygen atoms in total. The first kappa shape index (κ1) is 13.5. The molecule has 19 heavy (non-hydrogen) atoms. The average molecular weight is 263 g/mol. The molecule has 0 saturated heterocycles. The van der Waals surface area contributed by atoms with Gasteiger partial charge in [-0.05, 0) is 13.3 Å². The van der Waals surface area contributed by atoms with E-state index >= 15 is 0 Å². The normalized spacial score (nSPS) is 18.6. The predicted molar refractivity (Wildman–Crippen MR) is 70.5 cm³/mol. The molecule has 0 aromatic carbocycles. The van der Waals surface area contributed by atoms with E-state index in [2.05, 4.69) is 22.1 Å². The van der Waals surface area contributed by atoms with E-state index in [9.17, 15) is 4.79 Å². The highest BCUT2D eigenvalue weighted by Crippen LogP contribution is 2.18. The standard InChI is InChI=1S/C13H17N3O3/c1-9-11(12(17)18)7-14-13(15-9)16-6-4-3-5-10(16)8-19-2/h3,5,7,10H,4,6,8H2,1-2H3,(H,17,18). The van der Waals surface area contributed by atoms with Crippen molar-refractivity contribution in [2.24, 2.45) is 0 Å². The molecule has 1 atom stereocenters. The van der Waals surface area contributed by atoms with Crippen LogP contribution in [0.3, 0.4) is 0 Å². The van der Waals surface area contributed by atoms with E-state index in [0.29, 0.717) is 18.2 Å². The molecule has 0 bridgehead atoms. The van der Waals surface area contributed by atoms with Crippen molar-refractivity contribution in [1.29, 1.82) is 0 Å². The number of aromatic nitrogens is 2. The summed E-state index contributed by atoms with van der Waals surface area (Å²) in [5, 5.41) is 8.98. The number of methoxy groups -OCH3 is 1. The third-order valence-electron chi connectivity index (χ3n) is 3.09. The van der Waals surface area contributed by atoms with Crippen LogP contribution in [0.1, 0.15) is 22.5 Å². The summed E-state index contributed by atoms with van der Waals surface area (Å²) in [5.74, 6) is -0.454. The van der Waals surface area contributed by atoms with Crippen LogP contribution in [0.25, 0.3) is 0 Å². The van der Waals surface area contributed by atoms with E-state index < -0.39 is 5.97 Å². The number of aromatic carboxylic acids is 1. The minimum atomic E-state index is -1.00. The number of carboxylic acid groups (broad SMARTS) is 1.